The lowest BCUT2D eigenvalue weighted by atomic mass is 10.1. The number of hydrogen-bond donors (Lipinski definition) is 1. The second-order valence-electron chi connectivity index (χ2n) is 5.00. The van der Waals surface area contributed by atoms with Gasteiger partial charge in [-0.1, -0.05) is 18.1 Å². The van der Waals surface area contributed by atoms with E-state index in [1.807, 2.05) is 0 Å². The van der Waals surface area contributed by atoms with E-state index in [4.69, 9.17) is 0 Å². The van der Waals surface area contributed by atoms with E-state index in [1.54, 1.807) is 23.2 Å². The van der Waals surface area contributed by atoms with Gasteiger partial charge in [0.15, 0.2) is 0 Å². The second kappa shape index (κ2) is 6.15. The van der Waals surface area contributed by atoms with Gasteiger partial charge in [-0.2, -0.15) is 0 Å². The fraction of sp³-hybridized carbons (Fsp3) is 0.467. The summed E-state index contributed by atoms with van der Waals surface area (Å²) in [6.45, 7) is 0.966. The number of anilines is 1. The number of nitrogens with one attached hydrogen (secondary N) is 1. The van der Waals surface area contributed by atoms with Crippen LogP contribution in [0.25, 0.3) is 10.2 Å². The zero-order chi connectivity index (χ0) is 12.9. The van der Waals surface area contributed by atoms with E-state index in [0.717, 1.165) is 29.0 Å². The van der Waals surface area contributed by atoms with E-state index in [0.29, 0.717) is 0 Å². The Morgan fingerprint density at radius 3 is 3.21 bits per heavy atom. The van der Waals surface area contributed by atoms with Crippen molar-refractivity contribution in [1.82, 2.24) is 9.97 Å². The van der Waals surface area contributed by atoms with E-state index in [2.05, 4.69) is 32.8 Å². The SMILES string of the molecule is C1=C(CCNc2ncnc3sccc23)CCCCC1. The molecule has 2 aromatic heterocycles. The predicted octanol–water partition coefficient (Wildman–Crippen LogP) is 4.38. The largest absolute Gasteiger partial charge is 0.369 e. The molecular formula is C15H19N3S. The Labute approximate surface area is 117 Å². The molecule has 2 heterocycles. The second-order valence-corrected chi connectivity index (χ2v) is 5.89. The highest BCUT2D eigenvalue weighted by Crippen LogP contribution is 2.24. The first-order valence-corrected chi connectivity index (χ1v) is 7.91. The molecule has 0 amide bonds. The molecule has 0 spiro atoms. The summed E-state index contributed by atoms with van der Waals surface area (Å²) in [7, 11) is 0. The molecule has 1 N–H and O–H groups in total. The molecule has 0 saturated carbocycles. The highest BCUT2D eigenvalue weighted by molar-refractivity contribution is 7.16. The average molecular weight is 273 g/mol. The first kappa shape index (κ1) is 12.6. The zero-order valence-electron chi connectivity index (χ0n) is 11.1. The van der Waals surface area contributed by atoms with Gasteiger partial charge in [-0.15, -0.1) is 11.3 Å². The van der Waals surface area contributed by atoms with Crippen LogP contribution >= 0.6 is 11.3 Å². The number of rotatable bonds is 4. The van der Waals surface area contributed by atoms with Gasteiger partial charge < -0.3 is 5.32 Å². The van der Waals surface area contributed by atoms with Crippen LogP contribution in [-0.2, 0) is 0 Å². The van der Waals surface area contributed by atoms with Gasteiger partial charge in [-0.3, -0.25) is 0 Å². The smallest absolute Gasteiger partial charge is 0.138 e. The Morgan fingerprint density at radius 2 is 2.21 bits per heavy atom. The number of hydrogen-bond acceptors (Lipinski definition) is 4. The van der Waals surface area contributed by atoms with E-state index in [-0.39, 0.29) is 0 Å². The minimum Gasteiger partial charge on any atom is -0.369 e. The lowest BCUT2D eigenvalue weighted by Gasteiger charge is -2.08. The van der Waals surface area contributed by atoms with Crippen LogP contribution in [0.2, 0.25) is 0 Å². The molecule has 1 aliphatic carbocycles. The van der Waals surface area contributed by atoms with Crippen molar-refractivity contribution in [2.24, 2.45) is 0 Å². The highest BCUT2D eigenvalue weighted by Gasteiger charge is 2.05. The number of allylic oxidation sites excluding steroid dienone is 1. The van der Waals surface area contributed by atoms with Crippen molar-refractivity contribution in [3.63, 3.8) is 0 Å². The van der Waals surface area contributed by atoms with Gasteiger partial charge in [0, 0.05) is 6.54 Å². The standard InChI is InChI=1S/C15H19N3S/c1-2-4-6-12(5-3-1)7-9-16-14-13-8-10-19-15(13)18-11-17-14/h5,8,10-11H,1-4,6-7,9H2,(H,16,17,18). The minimum atomic E-state index is 0.966. The third-order valence-corrected chi connectivity index (χ3v) is 4.46. The van der Waals surface area contributed by atoms with E-state index in [9.17, 15) is 0 Å². The predicted molar refractivity (Wildman–Crippen MR) is 81.7 cm³/mol. The molecule has 0 unspecified atom stereocenters. The van der Waals surface area contributed by atoms with Gasteiger partial charge in [0.1, 0.15) is 17.0 Å². The van der Waals surface area contributed by atoms with Crippen LogP contribution in [-0.4, -0.2) is 16.5 Å². The molecule has 0 fully saturated rings. The maximum absolute atomic E-state index is 4.35. The maximum atomic E-state index is 4.35. The van der Waals surface area contributed by atoms with E-state index >= 15 is 0 Å². The fourth-order valence-electron chi connectivity index (χ4n) is 2.58. The maximum Gasteiger partial charge on any atom is 0.138 e. The first-order valence-electron chi connectivity index (χ1n) is 7.03. The third-order valence-electron chi connectivity index (χ3n) is 3.64. The molecule has 0 aromatic carbocycles. The van der Waals surface area contributed by atoms with Gasteiger partial charge in [-0.05, 0) is 43.6 Å². The van der Waals surface area contributed by atoms with Crippen molar-refractivity contribution < 1.29 is 0 Å². The van der Waals surface area contributed by atoms with Gasteiger partial charge >= 0.3 is 0 Å². The monoisotopic (exact) mass is 273 g/mol. The Morgan fingerprint density at radius 1 is 1.21 bits per heavy atom. The van der Waals surface area contributed by atoms with Crippen LogP contribution in [0.4, 0.5) is 5.82 Å². The van der Waals surface area contributed by atoms with Gasteiger partial charge in [-0.25, -0.2) is 9.97 Å². The van der Waals surface area contributed by atoms with Crippen molar-refractivity contribution in [3.05, 3.63) is 29.4 Å². The van der Waals surface area contributed by atoms with Gasteiger partial charge in [0.25, 0.3) is 0 Å². The minimum absolute atomic E-state index is 0.966. The molecule has 19 heavy (non-hydrogen) atoms. The number of nitrogens with zero attached hydrogens (tertiary/aromatic N) is 2. The molecule has 0 atom stereocenters. The highest BCUT2D eigenvalue weighted by atomic mass is 32.1. The molecule has 100 valence electrons. The Kier molecular flexibility index (Phi) is 4.08. The van der Waals surface area contributed by atoms with Crippen LogP contribution in [0.15, 0.2) is 29.4 Å². The quantitative estimate of drug-likeness (QED) is 0.840. The zero-order valence-corrected chi connectivity index (χ0v) is 11.9. The number of thiophene rings is 1. The summed E-state index contributed by atoms with van der Waals surface area (Å²) in [6.07, 6.45) is 11.9. The van der Waals surface area contributed by atoms with Crippen molar-refractivity contribution in [1.29, 1.82) is 0 Å². The lowest BCUT2D eigenvalue weighted by Crippen LogP contribution is -2.05. The molecule has 0 bridgehead atoms. The molecule has 3 rings (SSSR count). The molecule has 3 nitrogen and oxygen atoms in total. The molecule has 0 radical (unpaired) electrons. The van der Waals surface area contributed by atoms with E-state index < -0.39 is 0 Å². The summed E-state index contributed by atoms with van der Waals surface area (Å²) < 4.78 is 0. The van der Waals surface area contributed by atoms with Crippen LogP contribution in [0.1, 0.15) is 38.5 Å². The molecule has 4 heteroatoms. The van der Waals surface area contributed by atoms with Crippen LogP contribution < -0.4 is 5.32 Å². The van der Waals surface area contributed by atoms with Crippen molar-refractivity contribution in [3.8, 4) is 0 Å². The van der Waals surface area contributed by atoms with Crippen LogP contribution in [0.3, 0.4) is 0 Å². The summed E-state index contributed by atoms with van der Waals surface area (Å²) in [5.74, 6) is 0.973. The van der Waals surface area contributed by atoms with Gasteiger partial charge in [0.2, 0.25) is 0 Å². The summed E-state index contributed by atoms with van der Waals surface area (Å²) in [5, 5.41) is 6.67. The fourth-order valence-corrected chi connectivity index (χ4v) is 3.31. The number of fused-ring (bicyclic) bond motifs is 1. The van der Waals surface area contributed by atoms with Crippen LogP contribution in [0.5, 0.6) is 0 Å². The third kappa shape index (κ3) is 3.13. The molecule has 0 aliphatic heterocycles. The normalized spacial score (nSPS) is 16.1. The molecular weight excluding hydrogens is 254 g/mol. The Balaban J connectivity index is 1.60. The summed E-state index contributed by atoms with van der Waals surface area (Å²) in [5.41, 5.74) is 1.61. The van der Waals surface area contributed by atoms with Crippen molar-refractivity contribution in [2.45, 2.75) is 38.5 Å². The summed E-state index contributed by atoms with van der Waals surface area (Å²) in [4.78, 5) is 9.67. The molecule has 1 aliphatic rings. The van der Waals surface area contributed by atoms with Crippen molar-refractivity contribution >= 4 is 27.4 Å². The van der Waals surface area contributed by atoms with Crippen LogP contribution in [0, 0.1) is 0 Å². The lowest BCUT2D eigenvalue weighted by molar-refractivity contribution is 0.704. The Hall–Kier alpha value is -1.42. The summed E-state index contributed by atoms with van der Waals surface area (Å²) >= 11 is 1.66. The van der Waals surface area contributed by atoms with Gasteiger partial charge in [0.05, 0.1) is 5.39 Å². The molecule has 2 aromatic rings. The summed E-state index contributed by atoms with van der Waals surface area (Å²) in [6, 6.07) is 2.09. The topological polar surface area (TPSA) is 37.8 Å². The van der Waals surface area contributed by atoms with E-state index in [1.165, 1.54) is 32.1 Å². The Bertz CT molecular complexity index is 574. The first-order chi connectivity index (χ1) is 9.43. The number of aromatic nitrogens is 2. The molecule has 0 saturated heterocycles. The average Bonchev–Trinajstić information content (AvgIpc) is 2.77. The van der Waals surface area contributed by atoms with Crippen molar-refractivity contribution in [2.75, 3.05) is 11.9 Å².